The summed E-state index contributed by atoms with van der Waals surface area (Å²) in [5.74, 6) is 0.332. The number of anilines is 2. The fraction of sp³-hybridized carbons (Fsp3) is 0.311. The second kappa shape index (κ2) is 18.9. The van der Waals surface area contributed by atoms with Gasteiger partial charge in [-0.15, -0.1) is 0 Å². The molecular weight excluding hydrogens is 845 g/mol. The Bertz CT molecular complexity index is 2730. The van der Waals surface area contributed by atoms with Crippen LogP contribution in [0.5, 0.6) is 17.2 Å². The molecule has 3 aromatic heterocycles. The standard InChI is InChI=1S/C45H45N6O9P.2Na/c1-47-15-14-30-21-33(24-46-43(30)47)51(32-10-12-35(13-11-32)60-61(54,55)56)45(53)38-27-50(39-9-5-4-8-36(38)39)40-23-42-41(58-28-59-42)22-37(40)44(52)49-25-31-7-3-2-6-29(31)20-34(49)26-48-16-18-57-19-17-48;;/h2-3,6-7,10-15,21-24,27,34H,4-5,8-9,16-20,25-26,28H2,1H3,(H2,54,55,56);;/q;2*+1/p-2/t34-;;/m0../s1. The third-order valence-electron chi connectivity index (χ3n) is 12.2. The second-order valence-electron chi connectivity index (χ2n) is 15.9. The number of hydrogen-bond acceptors (Lipinski definition) is 11. The molecular formula is C45H43N6Na2O9P. The molecule has 1 saturated heterocycles. The molecule has 1 atom stereocenters. The molecule has 3 aliphatic heterocycles. The quantitative estimate of drug-likeness (QED) is 0.130. The zero-order valence-electron chi connectivity index (χ0n) is 35.5. The van der Waals surface area contributed by atoms with Gasteiger partial charge in [-0.3, -0.25) is 19.4 Å². The number of carbonyl (C=O) groups excluding carboxylic acids is 2. The number of aryl methyl sites for hydroxylation is 1. The van der Waals surface area contributed by atoms with E-state index in [0.717, 1.165) is 60.2 Å². The molecule has 63 heavy (non-hydrogen) atoms. The molecule has 10 rings (SSSR count). The minimum atomic E-state index is -5.31. The molecule has 3 aromatic carbocycles. The first-order chi connectivity index (χ1) is 29.6. The Kier molecular flexibility index (Phi) is 13.7. The minimum Gasteiger partial charge on any atom is -0.780 e. The van der Waals surface area contributed by atoms with Gasteiger partial charge < -0.3 is 47.1 Å². The van der Waals surface area contributed by atoms with Gasteiger partial charge in [0.1, 0.15) is 19.2 Å². The molecule has 0 saturated carbocycles. The number of pyridine rings is 1. The molecule has 0 radical (unpaired) electrons. The predicted molar refractivity (Wildman–Crippen MR) is 221 cm³/mol. The number of hydrogen-bond donors (Lipinski definition) is 0. The van der Waals surface area contributed by atoms with Crippen molar-refractivity contribution in [3.05, 3.63) is 125 Å². The summed E-state index contributed by atoms with van der Waals surface area (Å²) in [4.78, 5) is 64.0. The zero-order chi connectivity index (χ0) is 41.8. The summed E-state index contributed by atoms with van der Waals surface area (Å²) in [6, 6.07) is 21.3. The Balaban J connectivity index is 0.00000272. The van der Waals surface area contributed by atoms with Crippen LogP contribution in [0.3, 0.4) is 0 Å². The number of aromatic nitrogens is 3. The van der Waals surface area contributed by atoms with Crippen molar-refractivity contribution in [1.29, 1.82) is 0 Å². The first-order valence-electron chi connectivity index (χ1n) is 20.5. The number of phosphoric acid groups is 1. The van der Waals surface area contributed by atoms with Crippen LogP contribution < -0.4 is 87.8 Å². The van der Waals surface area contributed by atoms with Crippen molar-refractivity contribution < 1.29 is 102 Å². The van der Waals surface area contributed by atoms with Crippen LogP contribution in [-0.2, 0) is 42.2 Å². The molecule has 2 amide bonds. The van der Waals surface area contributed by atoms with Crippen LogP contribution in [0.2, 0.25) is 0 Å². The number of amides is 2. The van der Waals surface area contributed by atoms with Crippen molar-refractivity contribution >= 4 is 42.0 Å². The maximum Gasteiger partial charge on any atom is 1.00 e. The van der Waals surface area contributed by atoms with Crippen LogP contribution in [0.1, 0.15) is 55.9 Å². The van der Waals surface area contributed by atoms with Crippen molar-refractivity contribution in [3.63, 3.8) is 0 Å². The van der Waals surface area contributed by atoms with Crippen molar-refractivity contribution in [2.75, 3.05) is 44.5 Å². The van der Waals surface area contributed by atoms with Crippen LogP contribution in [0, 0.1) is 0 Å². The van der Waals surface area contributed by atoms with Crippen LogP contribution in [-0.4, -0.2) is 81.4 Å². The maximum atomic E-state index is 15.3. The van der Waals surface area contributed by atoms with Gasteiger partial charge in [0.05, 0.1) is 41.9 Å². The molecule has 1 fully saturated rings. The van der Waals surface area contributed by atoms with Gasteiger partial charge in [0.15, 0.2) is 11.5 Å². The third kappa shape index (κ3) is 9.16. The molecule has 4 aliphatic rings. The van der Waals surface area contributed by atoms with E-state index >= 15 is 9.59 Å². The molecule has 6 heterocycles. The number of benzene rings is 3. The Labute approximate surface area is 408 Å². The van der Waals surface area contributed by atoms with E-state index in [2.05, 4.69) is 32.6 Å². The summed E-state index contributed by atoms with van der Waals surface area (Å²) in [7, 11) is -3.43. The van der Waals surface area contributed by atoms with E-state index in [9.17, 15) is 14.4 Å². The molecule has 0 unspecified atom stereocenters. The molecule has 0 spiro atoms. The molecule has 0 bridgehead atoms. The number of carbonyl (C=O) groups is 2. The smallest absolute Gasteiger partial charge is 0.780 e. The van der Waals surface area contributed by atoms with Gasteiger partial charge in [0.25, 0.3) is 11.8 Å². The molecule has 15 nitrogen and oxygen atoms in total. The molecule has 6 aromatic rings. The van der Waals surface area contributed by atoms with Gasteiger partial charge in [-0.05, 0) is 91.3 Å². The van der Waals surface area contributed by atoms with Gasteiger partial charge in [-0.25, -0.2) is 4.98 Å². The summed E-state index contributed by atoms with van der Waals surface area (Å²) in [5, 5.41) is 0.812. The average Bonchev–Trinajstić information content (AvgIpc) is 4.00. The summed E-state index contributed by atoms with van der Waals surface area (Å²) >= 11 is 0. The van der Waals surface area contributed by atoms with Crippen molar-refractivity contribution in [3.8, 4) is 22.9 Å². The monoisotopic (exact) mass is 888 g/mol. The van der Waals surface area contributed by atoms with Gasteiger partial charge in [-0.1, -0.05) is 24.3 Å². The second-order valence-corrected chi connectivity index (χ2v) is 17.0. The molecule has 1 aliphatic carbocycles. The number of rotatable bonds is 9. The van der Waals surface area contributed by atoms with Gasteiger partial charge in [0, 0.05) is 74.5 Å². The molecule has 314 valence electrons. The number of fused-ring (bicyclic) bond motifs is 4. The van der Waals surface area contributed by atoms with Gasteiger partial charge in [0.2, 0.25) is 6.79 Å². The topological polar surface area (TPSA) is 167 Å². The Morgan fingerprint density at radius 1 is 0.905 bits per heavy atom. The average molecular weight is 889 g/mol. The number of morpholine rings is 1. The SMILES string of the molecule is Cn1ccc2cc(N(C(=O)c3cn(-c4cc5c(cc4C(=O)N4Cc6ccccc6C[C@H]4CN4CCOCC4)OCO5)c4c3CCCC4)c3ccc(OP(=O)([O-])[O-])cc3)cnc21.[Na+].[Na+]. The predicted octanol–water partition coefficient (Wildman–Crippen LogP) is -0.935. The van der Waals surface area contributed by atoms with E-state index < -0.39 is 7.82 Å². The third-order valence-corrected chi connectivity index (χ3v) is 12.6. The zero-order valence-corrected chi connectivity index (χ0v) is 40.4. The van der Waals surface area contributed by atoms with Gasteiger partial charge >= 0.3 is 59.1 Å². The number of phosphoric ester groups is 1. The van der Waals surface area contributed by atoms with Crippen LogP contribution in [0.25, 0.3) is 16.7 Å². The number of ether oxygens (including phenoxy) is 3. The Morgan fingerprint density at radius 2 is 1.63 bits per heavy atom. The van der Waals surface area contributed by atoms with Crippen molar-refractivity contribution in [2.24, 2.45) is 7.05 Å². The van der Waals surface area contributed by atoms with E-state index in [1.54, 1.807) is 12.3 Å². The van der Waals surface area contributed by atoms with Gasteiger partial charge in [-0.2, -0.15) is 0 Å². The summed E-state index contributed by atoms with van der Waals surface area (Å²) < 4.78 is 37.3. The molecule has 0 N–H and O–H groups in total. The van der Waals surface area contributed by atoms with E-state index in [0.29, 0.717) is 78.8 Å². The fourth-order valence-corrected chi connectivity index (χ4v) is 9.59. The molecule has 18 heteroatoms. The minimum absolute atomic E-state index is 0. The van der Waals surface area contributed by atoms with E-state index in [1.165, 1.54) is 34.7 Å². The largest absolute Gasteiger partial charge is 1.00 e. The van der Waals surface area contributed by atoms with E-state index in [4.69, 9.17) is 14.2 Å². The van der Waals surface area contributed by atoms with Crippen LogP contribution >= 0.6 is 7.82 Å². The van der Waals surface area contributed by atoms with Crippen molar-refractivity contribution in [2.45, 2.75) is 44.7 Å². The summed E-state index contributed by atoms with van der Waals surface area (Å²) in [5.41, 5.74) is 7.24. The van der Waals surface area contributed by atoms with Crippen LogP contribution in [0.15, 0.2) is 91.4 Å². The Morgan fingerprint density at radius 3 is 2.40 bits per heavy atom. The van der Waals surface area contributed by atoms with E-state index in [-0.39, 0.29) is 89.5 Å². The van der Waals surface area contributed by atoms with Crippen LogP contribution in [0.4, 0.5) is 11.4 Å². The van der Waals surface area contributed by atoms with Crippen molar-refractivity contribution in [1.82, 2.24) is 23.9 Å². The van der Waals surface area contributed by atoms with E-state index in [1.807, 2.05) is 57.7 Å². The maximum absolute atomic E-state index is 15.3. The Hall–Kier alpha value is -3.96. The summed E-state index contributed by atoms with van der Waals surface area (Å²) in [6.07, 6.45) is 9.13. The first kappa shape index (κ1) is 45.6. The normalized spacial score (nSPS) is 17.0. The first-order valence-corrected chi connectivity index (χ1v) is 22.0. The number of nitrogens with zero attached hydrogens (tertiary/aromatic N) is 6. The fourth-order valence-electron chi connectivity index (χ4n) is 9.21. The summed E-state index contributed by atoms with van der Waals surface area (Å²) in [6.45, 7) is 4.10.